The zero-order valence-electron chi connectivity index (χ0n) is 32.7. The van der Waals surface area contributed by atoms with Crippen LogP contribution in [0.4, 0.5) is 5.69 Å². The summed E-state index contributed by atoms with van der Waals surface area (Å²) >= 11 is 0. The quantitative estimate of drug-likeness (QED) is 0.154. The van der Waals surface area contributed by atoms with E-state index in [0.29, 0.717) is 55.8 Å². The molecule has 0 atom stereocenters. The van der Waals surface area contributed by atoms with Crippen molar-refractivity contribution in [2.45, 2.75) is 0 Å². The summed E-state index contributed by atoms with van der Waals surface area (Å²) in [6, 6.07) is 60.8. The number of anilines is 1. The van der Waals surface area contributed by atoms with Crippen LogP contribution in [0.15, 0.2) is 170 Å². The maximum absolute atomic E-state index is 15.3. The lowest BCUT2D eigenvalue weighted by Gasteiger charge is -2.19. The van der Waals surface area contributed by atoms with Gasteiger partial charge in [-0.1, -0.05) is 115 Å². The first-order chi connectivity index (χ1) is 30.4. The van der Waals surface area contributed by atoms with Crippen LogP contribution in [-0.4, -0.2) is 16.4 Å². The SMILES string of the molecule is N#Cc1ccc(-c2cccc3c4cccc(-c5ccc(C#N)cc5C#N)c4n(-c4cccc5c4C(=O)N(c4cc(-c6ccccc6)cc(-c6ccccc6)c4)C5=O)c23)c(C#N)c1. The summed E-state index contributed by atoms with van der Waals surface area (Å²) in [5.41, 5.74) is 9.75. The summed E-state index contributed by atoms with van der Waals surface area (Å²) in [4.78, 5) is 31.3. The van der Waals surface area contributed by atoms with Crippen molar-refractivity contribution in [1.82, 2.24) is 4.57 Å². The first-order valence-electron chi connectivity index (χ1n) is 19.7. The summed E-state index contributed by atoms with van der Waals surface area (Å²) in [5, 5.41) is 41.8. The molecule has 8 aromatic carbocycles. The average molecular weight is 793 g/mol. The lowest BCUT2D eigenvalue weighted by molar-refractivity contribution is 0.0926. The van der Waals surface area contributed by atoms with E-state index in [-0.39, 0.29) is 22.3 Å². The highest BCUT2D eigenvalue weighted by Gasteiger charge is 2.40. The van der Waals surface area contributed by atoms with E-state index in [1.807, 2.05) is 120 Å². The number of aromatic nitrogens is 1. The van der Waals surface area contributed by atoms with E-state index in [2.05, 4.69) is 30.3 Å². The summed E-state index contributed by atoms with van der Waals surface area (Å²) in [6.45, 7) is 0. The Labute approximate surface area is 355 Å². The van der Waals surface area contributed by atoms with Gasteiger partial charge in [-0.3, -0.25) is 9.59 Å². The highest BCUT2D eigenvalue weighted by atomic mass is 16.2. The van der Waals surface area contributed by atoms with E-state index in [1.54, 1.807) is 48.5 Å². The number of fused-ring (bicyclic) bond motifs is 4. The van der Waals surface area contributed by atoms with E-state index in [9.17, 15) is 25.8 Å². The molecule has 0 aliphatic carbocycles. The third-order valence-corrected chi connectivity index (χ3v) is 11.5. The highest BCUT2D eigenvalue weighted by Crippen LogP contribution is 2.45. The number of para-hydroxylation sites is 2. The number of hydrogen-bond donors (Lipinski definition) is 0. The molecule has 0 saturated carbocycles. The van der Waals surface area contributed by atoms with Gasteiger partial charge in [0.1, 0.15) is 0 Å². The molecule has 2 heterocycles. The number of benzene rings is 8. The normalized spacial score (nSPS) is 11.8. The third-order valence-electron chi connectivity index (χ3n) is 11.5. The average Bonchev–Trinajstić information content (AvgIpc) is 3.81. The molecule has 0 spiro atoms. The van der Waals surface area contributed by atoms with Crippen molar-refractivity contribution < 1.29 is 9.59 Å². The second kappa shape index (κ2) is 14.8. The smallest absolute Gasteiger partial charge is 0.268 e. The fourth-order valence-electron chi connectivity index (χ4n) is 8.70. The van der Waals surface area contributed by atoms with E-state index in [4.69, 9.17) is 0 Å². The lowest BCUT2D eigenvalue weighted by atomic mass is 9.95. The first kappa shape index (κ1) is 37.0. The number of amides is 2. The minimum atomic E-state index is -0.512. The topological polar surface area (TPSA) is 137 Å². The van der Waals surface area contributed by atoms with Gasteiger partial charge in [0.2, 0.25) is 0 Å². The van der Waals surface area contributed by atoms with Gasteiger partial charge >= 0.3 is 0 Å². The van der Waals surface area contributed by atoms with Crippen molar-refractivity contribution >= 4 is 39.3 Å². The van der Waals surface area contributed by atoms with Crippen molar-refractivity contribution in [2.75, 3.05) is 4.90 Å². The molecule has 1 aromatic heterocycles. The van der Waals surface area contributed by atoms with Gasteiger partial charge in [0, 0.05) is 33.0 Å². The Bertz CT molecular complexity index is 3370. The van der Waals surface area contributed by atoms with Crippen LogP contribution in [0.3, 0.4) is 0 Å². The predicted octanol–water partition coefficient (Wildman–Crippen LogP) is 11.7. The molecule has 0 bridgehead atoms. The maximum Gasteiger partial charge on any atom is 0.268 e. The van der Waals surface area contributed by atoms with Gasteiger partial charge in [-0.2, -0.15) is 21.0 Å². The lowest BCUT2D eigenvalue weighted by Crippen LogP contribution is -2.29. The van der Waals surface area contributed by atoms with Gasteiger partial charge in [-0.15, -0.1) is 0 Å². The Morgan fingerprint density at radius 3 is 1.35 bits per heavy atom. The molecule has 0 N–H and O–H groups in total. The van der Waals surface area contributed by atoms with E-state index >= 15 is 4.79 Å². The van der Waals surface area contributed by atoms with Crippen LogP contribution >= 0.6 is 0 Å². The van der Waals surface area contributed by atoms with Crippen LogP contribution in [0.1, 0.15) is 43.0 Å². The maximum atomic E-state index is 15.3. The van der Waals surface area contributed by atoms with Gasteiger partial charge in [-0.25, -0.2) is 4.90 Å². The summed E-state index contributed by atoms with van der Waals surface area (Å²) < 4.78 is 1.96. The molecule has 2 amide bonds. The van der Waals surface area contributed by atoms with Crippen molar-refractivity contribution in [3.63, 3.8) is 0 Å². The van der Waals surface area contributed by atoms with Crippen molar-refractivity contribution in [3.05, 3.63) is 203 Å². The van der Waals surface area contributed by atoms with Crippen LogP contribution in [-0.2, 0) is 0 Å². The molecule has 8 nitrogen and oxygen atoms in total. The van der Waals surface area contributed by atoms with Crippen LogP contribution < -0.4 is 4.90 Å². The number of carbonyl (C=O) groups excluding carboxylic acids is 2. The molecular formula is C54H28N6O2. The number of nitriles is 4. The van der Waals surface area contributed by atoms with E-state index in [0.717, 1.165) is 33.0 Å². The van der Waals surface area contributed by atoms with Crippen molar-refractivity contribution in [3.8, 4) is 74.5 Å². The Hall–Kier alpha value is -9.34. The molecular weight excluding hydrogens is 765 g/mol. The number of nitrogens with zero attached hydrogens (tertiary/aromatic N) is 6. The highest BCUT2D eigenvalue weighted by molar-refractivity contribution is 6.36. The first-order valence-corrected chi connectivity index (χ1v) is 19.7. The Kier molecular flexibility index (Phi) is 8.82. The molecule has 0 radical (unpaired) electrons. The Morgan fingerprint density at radius 1 is 0.387 bits per heavy atom. The van der Waals surface area contributed by atoms with Crippen LogP contribution in [0.2, 0.25) is 0 Å². The molecule has 0 fully saturated rings. The Morgan fingerprint density at radius 2 is 0.871 bits per heavy atom. The second-order valence-corrected chi connectivity index (χ2v) is 14.9. The fraction of sp³-hybridized carbons (Fsp3) is 0. The number of hydrogen-bond acceptors (Lipinski definition) is 6. The van der Waals surface area contributed by atoms with Crippen LogP contribution in [0, 0.1) is 45.3 Å². The summed E-state index contributed by atoms with van der Waals surface area (Å²) in [6.07, 6.45) is 0. The molecule has 8 heteroatoms. The van der Waals surface area contributed by atoms with Gasteiger partial charge in [0.05, 0.1) is 80.1 Å². The molecule has 286 valence electrons. The van der Waals surface area contributed by atoms with Gasteiger partial charge < -0.3 is 4.57 Å². The molecule has 9 aromatic rings. The molecule has 1 aliphatic heterocycles. The van der Waals surface area contributed by atoms with Gasteiger partial charge in [-0.05, 0) is 76.9 Å². The Balaban J connectivity index is 1.27. The molecule has 1 aliphatic rings. The van der Waals surface area contributed by atoms with Crippen molar-refractivity contribution in [1.29, 1.82) is 21.0 Å². The largest absolute Gasteiger partial charge is 0.307 e. The monoisotopic (exact) mass is 792 g/mol. The number of imide groups is 1. The van der Waals surface area contributed by atoms with Gasteiger partial charge in [0.15, 0.2) is 0 Å². The number of carbonyl (C=O) groups is 2. The van der Waals surface area contributed by atoms with Gasteiger partial charge in [0.25, 0.3) is 11.8 Å². The summed E-state index contributed by atoms with van der Waals surface area (Å²) in [5.74, 6) is -0.989. The predicted molar refractivity (Wildman–Crippen MR) is 239 cm³/mol. The van der Waals surface area contributed by atoms with Crippen LogP contribution in [0.25, 0.3) is 72.0 Å². The second-order valence-electron chi connectivity index (χ2n) is 14.9. The molecule has 0 saturated heterocycles. The molecule has 62 heavy (non-hydrogen) atoms. The third kappa shape index (κ3) is 5.81. The van der Waals surface area contributed by atoms with Crippen LogP contribution in [0.5, 0.6) is 0 Å². The van der Waals surface area contributed by atoms with E-state index in [1.165, 1.54) is 4.90 Å². The standard InChI is InChI=1S/C54H28N6O2/c55-29-33-20-22-42(39(24-33)31-57)44-14-7-16-46-47-17-8-15-45(43-23-21-34(30-56)25-40(43)32-58)52(47)60(51(44)46)49-19-9-18-48-50(49)54(62)59(53(48)61)41-27-37(35-10-3-1-4-11-35)26-38(28-41)36-12-5-2-6-13-36/h1-28H. The zero-order chi connectivity index (χ0) is 42.5. The number of rotatable bonds is 6. The summed E-state index contributed by atoms with van der Waals surface area (Å²) in [7, 11) is 0. The minimum Gasteiger partial charge on any atom is -0.307 e. The molecule has 10 rings (SSSR count). The van der Waals surface area contributed by atoms with Crippen molar-refractivity contribution in [2.24, 2.45) is 0 Å². The van der Waals surface area contributed by atoms with E-state index < -0.39 is 11.8 Å². The minimum absolute atomic E-state index is 0.188. The fourth-order valence-corrected chi connectivity index (χ4v) is 8.70. The molecule has 0 unspecified atom stereocenters. The zero-order valence-corrected chi connectivity index (χ0v) is 32.7.